The van der Waals surface area contributed by atoms with E-state index in [0.29, 0.717) is 10.8 Å². The summed E-state index contributed by atoms with van der Waals surface area (Å²) in [6, 6.07) is 5.99. The van der Waals surface area contributed by atoms with E-state index in [2.05, 4.69) is 20.3 Å². The summed E-state index contributed by atoms with van der Waals surface area (Å²) in [4.78, 5) is 12.0. The number of halogens is 2. The van der Waals surface area contributed by atoms with Crippen LogP contribution in [0.25, 0.3) is 0 Å². The van der Waals surface area contributed by atoms with Gasteiger partial charge in [-0.05, 0) is 34.9 Å². The Kier molecular flexibility index (Phi) is 2.89. The maximum Gasteiger partial charge on any atom is 0.224 e. The molecular weight excluding hydrogens is 271 g/mol. The summed E-state index contributed by atoms with van der Waals surface area (Å²) in [5.41, 5.74) is 3.21. The van der Waals surface area contributed by atoms with Crippen LogP contribution in [0.5, 0.6) is 0 Å². The van der Waals surface area contributed by atoms with Crippen molar-refractivity contribution in [3.63, 3.8) is 0 Å². The van der Waals surface area contributed by atoms with Crippen LogP contribution in [0.1, 0.15) is 11.1 Å². The number of benzene rings is 1. The number of hydrogen-bond acceptors (Lipinski definition) is 4. The number of aromatic nitrogens is 2. The topological polar surface area (TPSA) is 50.2 Å². The second kappa shape index (κ2) is 4.55. The van der Waals surface area contributed by atoms with E-state index in [4.69, 9.17) is 23.2 Å². The molecule has 0 spiro atoms. The Bertz CT molecular complexity index is 640. The summed E-state index contributed by atoms with van der Waals surface area (Å²) < 4.78 is 0. The Balaban J connectivity index is 1.92. The maximum atomic E-state index is 5.99. The van der Waals surface area contributed by atoms with Crippen LogP contribution in [0, 0.1) is 0 Å². The van der Waals surface area contributed by atoms with Crippen LogP contribution in [0.4, 0.5) is 11.5 Å². The van der Waals surface area contributed by atoms with Gasteiger partial charge in [0.25, 0.3) is 0 Å². The number of anilines is 2. The van der Waals surface area contributed by atoms with Crippen molar-refractivity contribution in [3.05, 3.63) is 45.8 Å². The Morgan fingerprint density at radius 2 is 2.11 bits per heavy atom. The van der Waals surface area contributed by atoms with Gasteiger partial charge in [0.1, 0.15) is 5.02 Å². The molecule has 90 valence electrons. The molecule has 0 saturated carbocycles. The molecule has 0 aliphatic carbocycles. The minimum atomic E-state index is 0.157. The molecule has 0 saturated heterocycles. The molecule has 1 aromatic carbocycles. The van der Waals surface area contributed by atoms with E-state index in [9.17, 15) is 0 Å². The van der Waals surface area contributed by atoms with E-state index < -0.39 is 0 Å². The van der Waals surface area contributed by atoms with Crippen LogP contribution in [-0.2, 0) is 6.54 Å². The molecule has 0 atom stereocenters. The van der Waals surface area contributed by atoms with Crippen molar-refractivity contribution >= 4 is 40.9 Å². The molecule has 1 N–H and O–H groups in total. The van der Waals surface area contributed by atoms with Gasteiger partial charge in [0.15, 0.2) is 5.82 Å². The normalized spacial score (nSPS) is 12.6. The highest BCUT2D eigenvalue weighted by Gasteiger charge is 2.09. The fourth-order valence-electron chi connectivity index (χ4n) is 1.75. The third kappa shape index (κ3) is 2.17. The molecule has 0 radical (unpaired) electrons. The number of nitrogens with zero attached hydrogens (tertiary/aromatic N) is 3. The van der Waals surface area contributed by atoms with Gasteiger partial charge in [-0.3, -0.25) is 4.99 Å². The highest BCUT2D eigenvalue weighted by Crippen LogP contribution is 2.26. The quantitative estimate of drug-likeness (QED) is 0.856. The zero-order valence-electron chi connectivity index (χ0n) is 9.19. The number of aliphatic imine (C=N–C) groups is 1. The predicted octanol–water partition coefficient (Wildman–Crippen LogP) is 3.46. The Morgan fingerprint density at radius 3 is 3.00 bits per heavy atom. The van der Waals surface area contributed by atoms with Crippen LogP contribution in [0.2, 0.25) is 10.3 Å². The minimum Gasteiger partial charge on any atom is -0.339 e. The van der Waals surface area contributed by atoms with Crippen LogP contribution >= 0.6 is 23.2 Å². The average Bonchev–Trinajstić information content (AvgIpc) is 2.81. The maximum absolute atomic E-state index is 5.99. The summed E-state index contributed by atoms with van der Waals surface area (Å²) >= 11 is 11.7. The molecule has 0 unspecified atom stereocenters. The van der Waals surface area contributed by atoms with Gasteiger partial charge in [0, 0.05) is 11.9 Å². The molecule has 0 amide bonds. The lowest BCUT2D eigenvalue weighted by Gasteiger charge is -2.08. The Hall–Kier alpha value is -1.65. The molecule has 2 aromatic rings. The Morgan fingerprint density at radius 1 is 1.22 bits per heavy atom. The number of rotatable bonds is 2. The lowest BCUT2D eigenvalue weighted by Crippen LogP contribution is -1.97. The molecule has 1 aromatic heterocycles. The molecule has 3 rings (SSSR count). The lowest BCUT2D eigenvalue weighted by atomic mass is 10.1. The van der Waals surface area contributed by atoms with Crippen molar-refractivity contribution in [2.45, 2.75) is 6.54 Å². The zero-order valence-corrected chi connectivity index (χ0v) is 10.7. The first kappa shape index (κ1) is 11.4. The molecule has 6 heteroatoms. The molecule has 1 aliphatic heterocycles. The molecule has 18 heavy (non-hydrogen) atoms. The second-order valence-corrected chi connectivity index (χ2v) is 4.59. The van der Waals surface area contributed by atoms with E-state index in [1.54, 1.807) is 0 Å². The van der Waals surface area contributed by atoms with Crippen molar-refractivity contribution in [3.8, 4) is 0 Å². The van der Waals surface area contributed by atoms with Gasteiger partial charge in [0.2, 0.25) is 5.28 Å². The summed E-state index contributed by atoms with van der Waals surface area (Å²) in [6.07, 6.45) is 3.32. The fourth-order valence-corrected chi connectivity index (χ4v) is 2.02. The summed E-state index contributed by atoms with van der Waals surface area (Å²) in [5.74, 6) is 0.492. The van der Waals surface area contributed by atoms with E-state index in [0.717, 1.165) is 17.8 Å². The summed E-state index contributed by atoms with van der Waals surface area (Å²) in [5, 5.41) is 3.70. The molecular formula is C12H8Cl2N4. The summed E-state index contributed by atoms with van der Waals surface area (Å²) in [6.45, 7) is 0.746. The predicted molar refractivity (Wildman–Crippen MR) is 73.1 cm³/mol. The van der Waals surface area contributed by atoms with E-state index in [1.807, 2.05) is 24.4 Å². The van der Waals surface area contributed by atoms with E-state index >= 15 is 0 Å². The van der Waals surface area contributed by atoms with E-state index in [1.165, 1.54) is 11.8 Å². The lowest BCUT2D eigenvalue weighted by molar-refractivity contribution is 1.11. The van der Waals surface area contributed by atoms with E-state index in [-0.39, 0.29) is 5.28 Å². The smallest absolute Gasteiger partial charge is 0.224 e. The molecule has 4 nitrogen and oxygen atoms in total. The standard InChI is InChI=1S/C12H8Cl2N4/c13-10-6-16-12(14)18-11(10)17-9-2-1-7-4-15-5-8(7)3-9/h1-3,5-6H,4H2,(H,16,17,18). The molecule has 0 fully saturated rings. The van der Waals surface area contributed by atoms with Crippen LogP contribution in [0.3, 0.4) is 0 Å². The van der Waals surface area contributed by atoms with Crippen molar-refractivity contribution < 1.29 is 0 Å². The van der Waals surface area contributed by atoms with Crippen LogP contribution < -0.4 is 5.32 Å². The molecule has 0 bridgehead atoms. The zero-order chi connectivity index (χ0) is 12.5. The fraction of sp³-hybridized carbons (Fsp3) is 0.0833. The van der Waals surface area contributed by atoms with Gasteiger partial charge >= 0.3 is 0 Å². The van der Waals surface area contributed by atoms with Gasteiger partial charge in [-0.25, -0.2) is 4.98 Å². The van der Waals surface area contributed by atoms with Gasteiger partial charge in [-0.15, -0.1) is 0 Å². The third-order valence-electron chi connectivity index (χ3n) is 2.62. The molecule has 2 heterocycles. The first-order valence-corrected chi connectivity index (χ1v) is 6.06. The number of nitrogens with one attached hydrogen (secondary N) is 1. The largest absolute Gasteiger partial charge is 0.339 e. The van der Waals surface area contributed by atoms with Crippen LogP contribution in [-0.4, -0.2) is 16.2 Å². The monoisotopic (exact) mass is 278 g/mol. The molecule has 1 aliphatic rings. The van der Waals surface area contributed by atoms with Gasteiger partial charge < -0.3 is 5.32 Å². The first-order valence-electron chi connectivity index (χ1n) is 5.30. The van der Waals surface area contributed by atoms with Crippen molar-refractivity contribution in [2.75, 3.05) is 5.32 Å². The first-order chi connectivity index (χ1) is 8.72. The number of hydrogen-bond donors (Lipinski definition) is 1. The van der Waals surface area contributed by atoms with Gasteiger partial charge in [0.05, 0.1) is 12.7 Å². The number of fused-ring (bicyclic) bond motifs is 1. The van der Waals surface area contributed by atoms with Gasteiger partial charge in [-0.1, -0.05) is 17.7 Å². The van der Waals surface area contributed by atoms with Crippen molar-refractivity contribution in [1.82, 2.24) is 9.97 Å². The van der Waals surface area contributed by atoms with Crippen molar-refractivity contribution in [1.29, 1.82) is 0 Å². The summed E-state index contributed by atoms with van der Waals surface area (Å²) in [7, 11) is 0. The minimum absolute atomic E-state index is 0.157. The van der Waals surface area contributed by atoms with Crippen LogP contribution in [0.15, 0.2) is 29.4 Å². The SMILES string of the molecule is Clc1ncc(Cl)c(Nc2ccc3c(c2)C=NC3)n1. The average molecular weight is 279 g/mol. The third-order valence-corrected chi connectivity index (χ3v) is 3.07. The van der Waals surface area contributed by atoms with Crippen molar-refractivity contribution in [2.24, 2.45) is 4.99 Å². The highest BCUT2D eigenvalue weighted by atomic mass is 35.5. The second-order valence-electron chi connectivity index (χ2n) is 3.84. The Labute approximate surface area is 114 Å². The van der Waals surface area contributed by atoms with Gasteiger partial charge in [-0.2, -0.15) is 4.98 Å². The highest BCUT2D eigenvalue weighted by molar-refractivity contribution is 6.33.